The van der Waals surface area contributed by atoms with Crippen molar-refractivity contribution in [3.05, 3.63) is 59.4 Å². The van der Waals surface area contributed by atoms with E-state index in [2.05, 4.69) is 34.6 Å². The molecule has 0 amide bonds. The fourth-order valence-electron chi connectivity index (χ4n) is 3.85. The van der Waals surface area contributed by atoms with Crippen molar-refractivity contribution in [2.45, 2.75) is 37.3 Å². The van der Waals surface area contributed by atoms with Crippen LogP contribution in [0.5, 0.6) is 5.75 Å². The molecule has 2 aliphatic rings. The number of nitrogens with one attached hydrogen (secondary N) is 1. The lowest BCUT2D eigenvalue weighted by atomic mass is 9.90. The molecular weight excluding hydrogens is 260 g/mol. The second kappa shape index (κ2) is 5.15. The highest BCUT2D eigenvalue weighted by molar-refractivity contribution is 5.39. The summed E-state index contributed by atoms with van der Waals surface area (Å²) < 4.78 is 6.20. The average molecular weight is 280 g/mol. The minimum atomic E-state index is 0.199. The molecule has 21 heavy (non-hydrogen) atoms. The van der Waals surface area contributed by atoms with Gasteiger partial charge in [-0.15, -0.1) is 0 Å². The van der Waals surface area contributed by atoms with Crippen LogP contribution in [-0.2, 0) is 12.8 Å². The van der Waals surface area contributed by atoms with E-state index in [0.29, 0.717) is 12.0 Å². The molecule has 1 N–H and O–H groups in total. The highest BCUT2D eigenvalue weighted by Crippen LogP contribution is 2.38. The number of likely N-dealkylation sites (N-methyl/N-ethyl adjacent to an activating group) is 1. The Morgan fingerprint density at radius 2 is 2.05 bits per heavy atom. The molecule has 0 spiro atoms. The maximum Gasteiger partial charge on any atom is 0.123 e. The number of rotatable bonds is 3. The zero-order chi connectivity index (χ0) is 14.2. The highest BCUT2D eigenvalue weighted by atomic mass is 16.5. The van der Waals surface area contributed by atoms with Gasteiger partial charge in [0.1, 0.15) is 11.9 Å². The van der Waals surface area contributed by atoms with Crippen molar-refractivity contribution in [1.29, 1.82) is 0 Å². The summed E-state index contributed by atoms with van der Waals surface area (Å²) in [5.74, 6) is 1.49. The first-order valence-electron chi connectivity index (χ1n) is 7.72. The van der Waals surface area contributed by atoms with Crippen LogP contribution in [0.2, 0.25) is 0 Å². The van der Waals surface area contributed by atoms with Crippen LogP contribution in [0.1, 0.15) is 29.2 Å². The minimum absolute atomic E-state index is 0.199. The molecule has 2 aromatic rings. The number of pyridine rings is 1. The van der Waals surface area contributed by atoms with E-state index >= 15 is 0 Å². The van der Waals surface area contributed by atoms with Crippen LogP contribution >= 0.6 is 0 Å². The molecule has 3 atom stereocenters. The van der Waals surface area contributed by atoms with Gasteiger partial charge in [0, 0.05) is 24.2 Å². The van der Waals surface area contributed by atoms with Crippen LogP contribution in [0.15, 0.2) is 42.6 Å². The van der Waals surface area contributed by atoms with Crippen molar-refractivity contribution >= 4 is 0 Å². The molecular formula is C18H20N2O. The summed E-state index contributed by atoms with van der Waals surface area (Å²) in [6, 6.07) is 12.9. The van der Waals surface area contributed by atoms with Crippen LogP contribution in [0.25, 0.3) is 0 Å². The monoisotopic (exact) mass is 280 g/mol. The highest BCUT2D eigenvalue weighted by Gasteiger charge is 2.38. The molecule has 0 fully saturated rings. The van der Waals surface area contributed by atoms with Gasteiger partial charge in [0.05, 0.1) is 6.04 Å². The Hall–Kier alpha value is -1.87. The Kier molecular flexibility index (Phi) is 3.15. The number of aryl methyl sites for hydroxylation is 1. The van der Waals surface area contributed by atoms with Crippen LogP contribution in [-0.4, -0.2) is 24.2 Å². The Balaban J connectivity index is 1.60. The lowest BCUT2D eigenvalue weighted by Crippen LogP contribution is -2.44. The van der Waals surface area contributed by atoms with Crippen LogP contribution < -0.4 is 10.1 Å². The van der Waals surface area contributed by atoms with Crippen LogP contribution in [0.3, 0.4) is 0 Å². The van der Waals surface area contributed by atoms with Crippen molar-refractivity contribution in [2.24, 2.45) is 0 Å². The largest absolute Gasteiger partial charge is 0.488 e. The molecule has 3 nitrogen and oxygen atoms in total. The maximum absolute atomic E-state index is 6.20. The molecule has 0 saturated heterocycles. The number of nitrogens with zero attached hydrogens (tertiary/aromatic N) is 1. The molecule has 0 radical (unpaired) electrons. The Morgan fingerprint density at radius 3 is 2.90 bits per heavy atom. The van der Waals surface area contributed by atoms with Crippen LogP contribution in [0.4, 0.5) is 0 Å². The lowest BCUT2D eigenvalue weighted by molar-refractivity contribution is 0.164. The molecule has 2 heterocycles. The summed E-state index contributed by atoms with van der Waals surface area (Å²) in [7, 11) is 2.04. The van der Waals surface area contributed by atoms with Crippen molar-refractivity contribution in [3.63, 3.8) is 0 Å². The number of para-hydroxylation sites is 1. The van der Waals surface area contributed by atoms with E-state index in [1.54, 1.807) is 0 Å². The van der Waals surface area contributed by atoms with Gasteiger partial charge in [0.2, 0.25) is 0 Å². The Bertz CT molecular complexity index is 630. The number of hydrogen-bond acceptors (Lipinski definition) is 3. The second-order valence-corrected chi connectivity index (χ2v) is 5.98. The quantitative estimate of drug-likeness (QED) is 0.938. The first-order valence-corrected chi connectivity index (χ1v) is 7.72. The second-order valence-electron chi connectivity index (χ2n) is 5.98. The molecule has 3 heteroatoms. The summed E-state index contributed by atoms with van der Waals surface area (Å²) in [6.45, 7) is 0. The predicted molar refractivity (Wildman–Crippen MR) is 82.7 cm³/mol. The van der Waals surface area contributed by atoms with Crippen molar-refractivity contribution in [1.82, 2.24) is 10.3 Å². The average Bonchev–Trinajstić information content (AvgIpc) is 3.13. The Labute approximate surface area is 125 Å². The van der Waals surface area contributed by atoms with Gasteiger partial charge in [0.15, 0.2) is 0 Å². The van der Waals surface area contributed by atoms with E-state index in [1.165, 1.54) is 16.8 Å². The molecule has 3 unspecified atom stereocenters. The molecule has 1 aromatic heterocycles. The first kappa shape index (κ1) is 12.8. The number of aromatic nitrogens is 1. The molecule has 108 valence electrons. The van der Waals surface area contributed by atoms with Gasteiger partial charge in [-0.2, -0.15) is 0 Å². The van der Waals surface area contributed by atoms with Gasteiger partial charge in [-0.25, -0.2) is 0 Å². The fourth-order valence-corrected chi connectivity index (χ4v) is 3.85. The summed E-state index contributed by atoms with van der Waals surface area (Å²) >= 11 is 0. The molecule has 0 saturated carbocycles. The van der Waals surface area contributed by atoms with Crippen molar-refractivity contribution < 1.29 is 4.74 Å². The number of hydrogen-bond donors (Lipinski definition) is 1. The predicted octanol–water partition coefficient (Wildman–Crippen LogP) is 2.70. The molecule has 1 aromatic carbocycles. The number of ether oxygens (including phenoxy) is 1. The van der Waals surface area contributed by atoms with Crippen LogP contribution in [0, 0.1) is 0 Å². The Morgan fingerprint density at radius 1 is 1.19 bits per heavy atom. The van der Waals surface area contributed by atoms with E-state index < -0.39 is 0 Å². The third-order valence-corrected chi connectivity index (χ3v) is 4.84. The molecule has 0 bridgehead atoms. The SMILES string of the molecule is CNC(C1Cc2ccccc2O1)C1CCc2cccnc21. The molecule has 4 rings (SSSR count). The first-order chi connectivity index (χ1) is 10.4. The van der Waals surface area contributed by atoms with Gasteiger partial charge in [0.25, 0.3) is 0 Å². The normalized spacial score (nSPS) is 24.2. The van der Waals surface area contributed by atoms with Gasteiger partial charge < -0.3 is 10.1 Å². The van der Waals surface area contributed by atoms with E-state index in [0.717, 1.165) is 25.0 Å². The van der Waals surface area contributed by atoms with Crippen molar-refractivity contribution in [2.75, 3.05) is 7.05 Å². The number of benzene rings is 1. The summed E-state index contributed by atoms with van der Waals surface area (Å²) in [6.07, 6.45) is 5.39. The van der Waals surface area contributed by atoms with Gasteiger partial charge >= 0.3 is 0 Å². The van der Waals surface area contributed by atoms with E-state index in [9.17, 15) is 0 Å². The smallest absolute Gasteiger partial charge is 0.123 e. The standard InChI is InChI=1S/C18H20N2O/c1-19-18(14-9-8-12-6-4-10-20-17(12)14)16-11-13-5-2-3-7-15(13)21-16/h2-7,10,14,16,18-19H,8-9,11H2,1H3. The van der Waals surface area contributed by atoms with Gasteiger partial charge in [-0.05, 0) is 43.1 Å². The topological polar surface area (TPSA) is 34.1 Å². The van der Waals surface area contributed by atoms with Gasteiger partial charge in [-0.1, -0.05) is 24.3 Å². The van der Waals surface area contributed by atoms with E-state index in [1.807, 2.05) is 25.4 Å². The third kappa shape index (κ3) is 2.12. The van der Waals surface area contributed by atoms with Gasteiger partial charge in [-0.3, -0.25) is 4.98 Å². The molecule has 1 aliphatic carbocycles. The third-order valence-electron chi connectivity index (χ3n) is 4.84. The zero-order valence-electron chi connectivity index (χ0n) is 12.3. The molecule has 1 aliphatic heterocycles. The van der Waals surface area contributed by atoms with E-state index in [-0.39, 0.29) is 6.10 Å². The zero-order valence-corrected chi connectivity index (χ0v) is 12.3. The lowest BCUT2D eigenvalue weighted by Gasteiger charge is -2.28. The van der Waals surface area contributed by atoms with Crippen molar-refractivity contribution in [3.8, 4) is 5.75 Å². The maximum atomic E-state index is 6.20. The summed E-state index contributed by atoms with van der Waals surface area (Å²) in [4.78, 5) is 4.63. The van der Waals surface area contributed by atoms with E-state index in [4.69, 9.17) is 4.74 Å². The number of fused-ring (bicyclic) bond motifs is 2. The minimum Gasteiger partial charge on any atom is -0.488 e. The summed E-state index contributed by atoms with van der Waals surface area (Å²) in [5.41, 5.74) is 3.98. The summed E-state index contributed by atoms with van der Waals surface area (Å²) in [5, 5.41) is 3.50. The fraction of sp³-hybridized carbons (Fsp3) is 0.389.